The van der Waals surface area contributed by atoms with Gasteiger partial charge in [-0.1, -0.05) is 42.5 Å². The Bertz CT molecular complexity index is 1030. The molecule has 0 amide bonds. The minimum absolute atomic E-state index is 0.679. The first-order valence-corrected chi connectivity index (χ1v) is 9.18. The van der Waals surface area contributed by atoms with Crippen LogP contribution in [0, 0.1) is 0 Å². The van der Waals surface area contributed by atoms with E-state index in [-0.39, 0.29) is 0 Å². The van der Waals surface area contributed by atoms with Crippen LogP contribution in [0.15, 0.2) is 77.2 Å². The van der Waals surface area contributed by atoms with Crippen LogP contribution in [-0.2, 0) is 0 Å². The van der Waals surface area contributed by atoms with Crippen LogP contribution in [0.2, 0.25) is 0 Å². The molecule has 0 saturated carbocycles. The van der Waals surface area contributed by atoms with E-state index in [0.717, 1.165) is 29.8 Å². The van der Waals surface area contributed by atoms with E-state index in [1.165, 1.54) is 29.7 Å². The summed E-state index contributed by atoms with van der Waals surface area (Å²) in [6, 6.07) is 25.1. The molecule has 5 rings (SSSR count). The molecule has 0 spiro atoms. The Balaban J connectivity index is 1.46. The van der Waals surface area contributed by atoms with Crippen LogP contribution in [0.3, 0.4) is 0 Å². The van der Waals surface area contributed by atoms with Crippen molar-refractivity contribution in [2.75, 3.05) is 18.0 Å². The van der Waals surface area contributed by atoms with Gasteiger partial charge in [-0.3, -0.25) is 0 Å². The normalized spacial score (nSPS) is 14.2. The first-order chi connectivity index (χ1) is 12.9. The summed E-state index contributed by atoms with van der Waals surface area (Å²) in [5, 5.41) is 0. The Morgan fingerprint density at radius 2 is 1.42 bits per heavy atom. The van der Waals surface area contributed by atoms with Crippen molar-refractivity contribution in [2.24, 2.45) is 0 Å². The summed E-state index contributed by atoms with van der Waals surface area (Å²) in [6.07, 6.45) is 2.55. The largest absolute Gasteiger partial charge is 0.436 e. The summed E-state index contributed by atoms with van der Waals surface area (Å²) in [5.74, 6) is 0.679. The van der Waals surface area contributed by atoms with Gasteiger partial charge in [0.15, 0.2) is 5.58 Å². The van der Waals surface area contributed by atoms with Crippen LogP contribution in [0.1, 0.15) is 12.8 Å². The van der Waals surface area contributed by atoms with Crippen molar-refractivity contribution in [3.8, 4) is 22.6 Å². The average molecular weight is 340 g/mol. The van der Waals surface area contributed by atoms with Gasteiger partial charge in [0, 0.05) is 24.3 Å². The smallest absolute Gasteiger partial charge is 0.227 e. The fraction of sp³-hybridized carbons (Fsp3) is 0.174. The third-order valence-corrected chi connectivity index (χ3v) is 5.08. The molecule has 26 heavy (non-hydrogen) atoms. The van der Waals surface area contributed by atoms with Crippen LogP contribution in [-0.4, -0.2) is 18.1 Å². The number of hydrogen-bond acceptors (Lipinski definition) is 3. The first kappa shape index (κ1) is 15.2. The van der Waals surface area contributed by atoms with Crippen LogP contribution in [0.5, 0.6) is 0 Å². The average Bonchev–Trinajstić information content (AvgIpc) is 3.38. The highest BCUT2D eigenvalue weighted by Crippen LogP contribution is 2.30. The summed E-state index contributed by atoms with van der Waals surface area (Å²) < 4.78 is 5.99. The topological polar surface area (TPSA) is 29.3 Å². The standard InChI is InChI=1S/C23H20N2O/c1-2-6-17(7-3-1)18-8-10-19(11-9-18)23-24-21-16-20(12-13-22(21)26-23)25-14-4-5-15-25/h1-3,6-13,16H,4-5,14-15H2. The molecular weight excluding hydrogens is 320 g/mol. The van der Waals surface area contributed by atoms with Gasteiger partial charge < -0.3 is 9.32 Å². The van der Waals surface area contributed by atoms with E-state index in [9.17, 15) is 0 Å². The molecule has 3 nitrogen and oxygen atoms in total. The molecule has 0 radical (unpaired) electrons. The molecule has 1 saturated heterocycles. The van der Waals surface area contributed by atoms with Gasteiger partial charge in [-0.15, -0.1) is 0 Å². The van der Waals surface area contributed by atoms with Crippen molar-refractivity contribution in [1.82, 2.24) is 4.98 Å². The molecule has 0 N–H and O–H groups in total. The minimum atomic E-state index is 0.679. The number of anilines is 1. The third kappa shape index (κ3) is 2.76. The molecule has 1 fully saturated rings. The number of aromatic nitrogens is 1. The highest BCUT2D eigenvalue weighted by atomic mass is 16.3. The number of benzene rings is 3. The van der Waals surface area contributed by atoms with Crippen LogP contribution < -0.4 is 4.90 Å². The molecule has 128 valence electrons. The van der Waals surface area contributed by atoms with E-state index in [1.54, 1.807) is 0 Å². The van der Waals surface area contributed by atoms with Crippen molar-refractivity contribution in [3.63, 3.8) is 0 Å². The molecule has 3 aromatic carbocycles. The Morgan fingerprint density at radius 1 is 0.731 bits per heavy atom. The number of nitrogens with zero attached hydrogens (tertiary/aromatic N) is 2. The summed E-state index contributed by atoms with van der Waals surface area (Å²) in [7, 11) is 0. The molecule has 0 unspecified atom stereocenters. The SMILES string of the molecule is c1ccc(-c2ccc(-c3nc4cc(N5CCCC5)ccc4o3)cc2)cc1. The molecule has 2 heterocycles. The van der Waals surface area contributed by atoms with E-state index in [1.807, 2.05) is 12.1 Å². The van der Waals surface area contributed by atoms with Crippen LogP contribution in [0.4, 0.5) is 5.69 Å². The molecule has 0 atom stereocenters. The lowest BCUT2D eigenvalue weighted by molar-refractivity contribution is 0.620. The number of oxazole rings is 1. The van der Waals surface area contributed by atoms with E-state index in [2.05, 4.69) is 65.6 Å². The van der Waals surface area contributed by atoms with Crippen molar-refractivity contribution in [3.05, 3.63) is 72.8 Å². The van der Waals surface area contributed by atoms with Crippen molar-refractivity contribution >= 4 is 16.8 Å². The van der Waals surface area contributed by atoms with Gasteiger partial charge >= 0.3 is 0 Å². The summed E-state index contributed by atoms with van der Waals surface area (Å²) in [4.78, 5) is 7.14. The number of fused-ring (bicyclic) bond motifs is 1. The van der Waals surface area contributed by atoms with Crippen molar-refractivity contribution in [2.45, 2.75) is 12.8 Å². The fourth-order valence-corrected chi connectivity index (χ4v) is 3.65. The molecular formula is C23H20N2O. The number of rotatable bonds is 3. The predicted octanol–water partition coefficient (Wildman–Crippen LogP) is 5.76. The van der Waals surface area contributed by atoms with E-state index in [4.69, 9.17) is 9.40 Å². The molecule has 1 aliphatic rings. The van der Waals surface area contributed by atoms with E-state index >= 15 is 0 Å². The quantitative estimate of drug-likeness (QED) is 0.475. The van der Waals surface area contributed by atoms with Gasteiger partial charge in [0.1, 0.15) is 5.52 Å². The lowest BCUT2D eigenvalue weighted by Gasteiger charge is -2.16. The zero-order valence-electron chi connectivity index (χ0n) is 14.6. The summed E-state index contributed by atoms with van der Waals surface area (Å²) in [5.41, 5.74) is 6.43. The summed E-state index contributed by atoms with van der Waals surface area (Å²) in [6.45, 7) is 2.27. The third-order valence-electron chi connectivity index (χ3n) is 5.08. The lowest BCUT2D eigenvalue weighted by atomic mass is 10.0. The van der Waals surface area contributed by atoms with Crippen molar-refractivity contribution < 1.29 is 4.42 Å². The minimum Gasteiger partial charge on any atom is -0.436 e. The Labute approximate surface area is 152 Å². The fourth-order valence-electron chi connectivity index (χ4n) is 3.65. The monoisotopic (exact) mass is 340 g/mol. The van der Waals surface area contributed by atoms with E-state index < -0.39 is 0 Å². The second kappa shape index (κ2) is 6.34. The second-order valence-corrected chi connectivity index (χ2v) is 6.81. The molecule has 4 aromatic rings. The number of hydrogen-bond donors (Lipinski definition) is 0. The molecule has 1 aromatic heterocycles. The predicted molar refractivity (Wildman–Crippen MR) is 106 cm³/mol. The van der Waals surface area contributed by atoms with Gasteiger partial charge in [0.25, 0.3) is 0 Å². The Morgan fingerprint density at radius 3 is 2.19 bits per heavy atom. The van der Waals surface area contributed by atoms with Gasteiger partial charge in [0.05, 0.1) is 0 Å². The highest BCUT2D eigenvalue weighted by molar-refractivity contribution is 5.80. The zero-order valence-corrected chi connectivity index (χ0v) is 14.6. The molecule has 0 aliphatic carbocycles. The molecule has 3 heteroatoms. The maximum atomic E-state index is 5.99. The van der Waals surface area contributed by atoms with Gasteiger partial charge in [-0.25, -0.2) is 4.98 Å². The van der Waals surface area contributed by atoms with Crippen LogP contribution >= 0.6 is 0 Å². The first-order valence-electron chi connectivity index (χ1n) is 9.18. The Kier molecular flexibility index (Phi) is 3.71. The zero-order chi connectivity index (χ0) is 17.3. The summed E-state index contributed by atoms with van der Waals surface area (Å²) >= 11 is 0. The van der Waals surface area contributed by atoms with Crippen molar-refractivity contribution in [1.29, 1.82) is 0 Å². The molecule has 1 aliphatic heterocycles. The maximum absolute atomic E-state index is 5.99. The van der Waals surface area contributed by atoms with E-state index in [0.29, 0.717) is 5.89 Å². The van der Waals surface area contributed by atoms with Gasteiger partial charge in [-0.05, 0) is 54.3 Å². The maximum Gasteiger partial charge on any atom is 0.227 e. The van der Waals surface area contributed by atoms with Gasteiger partial charge in [0.2, 0.25) is 5.89 Å². The van der Waals surface area contributed by atoms with Gasteiger partial charge in [-0.2, -0.15) is 0 Å². The Hall–Kier alpha value is -3.07. The molecule has 0 bridgehead atoms. The van der Waals surface area contributed by atoms with Crippen LogP contribution in [0.25, 0.3) is 33.7 Å². The second-order valence-electron chi connectivity index (χ2n) is 6.81. The highest BCUT2D eigenvalue weighted by Gasteiger charge is 2.15. The lowest BCUT2D eigenvalue weighted by Crippen LogP contribution is -2.17.